The lowest BCUT2D eigenvalue weighted by Crippen LogP contribution is -2.34. The van der Waals surface area contributed by atoms with Crippen molar-refractivity contribution in [1.82, 2.24) is 10.1 Å². The highest BCUT2D eigenvalue weighted by atomic mass is 16.5. The van der Waals surface area contributed by atoms with Crippen molar-refractivity contribution in [3.8, 4) is 5.75 Å². The van der Waals surface area contributed by atoms with Gasteiger partial charge < -0.3 is 19.9 Å². The molecule has 0 bridgehead atoms. The SMILES string of the molecule is CCCc1noc(N2CCC(CCCOc3ccc(C(N)=O)c(C)c3)CC2)n1. The van der Waals surface area contributed by atoms with Crippen LogP contribution in [0.15, 0.2) is 22.7 Å². The maximum Gasteiger partial charge on any atom is 0.324 e. The van der Waals surface area contributed by atoms with Crippen LogP contribution in [0.5, 0.6) is 5.75 Å². The van der Waals surface area contributed by atoms with Crippen LogP contribution in [0, 0.1) is 12.8 Å². The predicted molar refractivity (Wildman–Crippen MR) is 108 cm³/mol. The van der Waals surface area contributed by atoms with E-state index < -0.39 is 5.91 Å². The van der Waals surface area contributed by atoms with E-state index in [1.54, 1.807) is 6.07 Å². The van der Waals surface area contributed by atoms with Crippen molar-refractivity contribution in [3.63, 3.8) is 0 Å². The third kappa shape index (κ3) is 5.24. The number of hydrogen-bond donors (Lipinski definition) is 1. The number of nitrogens with zero attached hydrogens (tertiary/aromatic N) is 3. The molecule has 1 amide bonds. The van der Waals surface area contributed by atoms with Crippen LogP contribution in [-0.4, -0.2) is 35.7 Å². The molecule has 1 aromatic heterocycles. The molecule has 0 atom stereocenters. The van der Waals surface area contributed by atoms with E-state index in [1.807, 2.05) is 19.1 Å². The Morgan fingerprint density at radius 3 is 2.82 bits per heavy atom. The van der Waals surface area contributed by atoms with Crippen LogP contribution in [0.1, 0.15) is 60.8 Å². The van der Waals surface area contributed by atoms with E-state index >= 15 is 0 Å². The molecule has 2 aromatic rings. The Morgan fingerprint density at radius 2 is 2.14 bits per heavy atom. The summed E-state index contributed by atoms with van der Waals surface area (Å²) < 4.78 is 11.2. The normalized spacial score (nSPS) is 15.0. The molecule has 1 aliphatic heterocycles. The summed E-state index contributed by atoms with van der Waals surface area (Å²) >= 11 is 0. The van der Waals surface area contributed by atoms with Gasteiger partial charge in [-0.2, -0.15) is 4.98 Å². The zero-order chi connectivity index (χ0) is 19.9. The van der Waals surface area contributed by atoms with E-state index in [9.17, 15) is 4.79 Å². The molecule has 0 unspecified atom stereocenters. The van der Waals surface area contributed by atoms with E-state index in [1.165, 1.54) is 0 Å². The Kier molecular flexibility index (Phi) is 6.90. The predicted octanol–water partition coefficient (Wildman–Crippen LogP) is 3.51. The first-order valence-corrected chi connectivity index (χ1v) is 10.2. The Balaban J connectivity index is 1.36. The monoisotopic (exact) mass is 386 g/mol. The fourth-order valence-electron chi connectivity index (χ4n) is 3.68. The van der Waals surface area contributed by atoms with Gasteiger partial charge in [0, 0.05) is 25.1 Å². The fraction of sp³-hybridized carbons (Fsp3) is 0.571. The molecule has 1 aliphatic rings. The molecule has 0 aliphatic carbocycles. The summed E-state index contributed by atoms with van der Waals surface area (Å²) in [5, 5.41) is 4.04. The number of hydrogen-bond acceptors (Lipinski definition) is 6. The van der Waals surface area contributed by atoms with E-state index in [4.69, 9.17) is 15.0 Å². The highest BCUT2D eigenvalue weighted by Gasteiger charge is 2.22. The first-order chi connectivity index (χ1) is 13.6. The molecule has 0 radical (unpaired) electrons. The van der Waals surface area contributed by atoms with Gasteiger partial charge in [-0.25, -0.2) is 0 Å². The number of amides is 1. The number of rotatable bonds is 9. The van der Waals surface area contributed by atoms with Gasteiger partial charge >= 0.3 is 6.01 Å². The van der Waals surface area contributed by atoms with Crippen LogP contribution >= 0.6 is 0 Å². The zero-order valence-electron chi connectivity index (χ0n) is 16.8. The lowest BCUT2D eigenvalue weighted by molar-refractivity contribution is 0.0999. The minimum absolute atomic E-state index is 0.405. The number of carbonyl (C=O) groups excluding carboxylic acids is 1. The highest BCUT2D eigenvalue weighted by Crippen LogP contribution is 2.25. The van der Waals surface area contributed by atoms with Crippen LogP contribution in [0.25, 0.3) is 0 Å². The first kappa shape index (κ1) is 20.2. The molecule has 1 fully saturated rings. The molecule has 28 heavy (non-hydrogen) atoms. The van der Waals surface area contributed by atoms with Gasteiger partial charge in [-0.1, -0.05) is 12.1 Å². The number of anilines is 1. The first-order valence-electron chi connectivity index (χ1n) is 10.2. The second-order valence-electron chi connectivity index (χ2n) is 7.51. The summed E-state index contributed by atoms with van der Waals surface area (Å²) in [4.78, 5) is 18.0. The summed E-state index contributed by atoms with van der Waals surface area (Å²) in [6, 6.07) is 6.07. The van der Waals surface area contributed by atoms with Gasteiger partial charge in [0.25, 0.3) is 0 Å². The van der Waals surface area contributed by atoms with E-state index in [0.29, 0.717) is 24.1 Å². The lowest BCUT2D eigenvalue weighted by Gasteiger charge is -2.30. The van der Waals surface area contributed by atoms with E-state index in [-0.39, 0.29) is 0 Å². The topological polar surface area (TPSA) is 94.5 Å². The zero-order valence-corrected chi connectivity index (χ0v) is 16.8. The number of aromatic nitrogens is 2. The van der Waals surface area contributed by atoms with Crippen LogP contribution in [0.3, 0.4) is 0 Å². The highest BCUT2D eigenvalue weighted by molar-refractivity contribution is 5.94. The Morgan fingerprint density at radius 1 is 1.36 bits per heavy atom. The maximum absolute atomic E-state index is 11.3. The van der Waals surface area contributed by atoms with Crippen LogP contribution in [0.4, 0.5) is 6.01 Å². The van der Waals surface area contributed by atoms with Crippen molar-refractivity contribution >= 4 is 11.9 Å². The van der Waals surface area contributed by atoms with E-state index in [0.717, 1.165) is 68.8 Å². The van der Waals surface area contributed by atoms with Crippen LogP contribution in [-0.2, 0) is 6.42 Å². The average molecular weight is 386 g/mol. The van der Waals surface area contributed by atoms with Crippen molar-refractivity contribution in [2.75, 3.05) is 24.6 Å². The molecule has 7 heteroatoms. The summed E-state index contributed by atoms with van der Waals surface area (Å²) in [6.07, 6.45) is 6.33. The molecular weight excluding hydrogens is 356 g/mol. The van der Waals surface area contributed by atoms with Crippen LogP contribution < -0.4 is 15.4 Å². The molecule has 7 nitrogen and oxygen atoms in total. The standard InChI is InChI=1S/C21H30N4O3/c1-3-5-19-23-21(28-24-19)25-11-9-16(10-12-25)6-4-13-27-17-7-8-18(20(22)26)15(2)14-17/h7-8,14,16H,3-6,9-13H2,1-2H3,(H2,22,26). The molecule has 1 aromatic carbocycles. The molecule has 0 spiro atoms. The average Bonchev–Trinajstić information content (AvgIpc) is 3.14. The van der Waals surface area contributed by atoms with Crippen molar-refractivity contribution < 1.29 is 14.1 Å². The smallest absolute Gasteiger partial charge is 0.324 e. The maximum atomic E-state index is 11.3. The molecule has 0 saturated carbocycles. The Bertz CT molecular complexity index is 782. The number of benzene rings is 1. The summed E-state index contributed by atoms with van der Waals surface area (Å²) in [5.74, 6) is 1.89. The number of primary amides is 1. The summed E-state index contributed by atoms with van der Waals surface area (Å²) in [5.41, 5.74) is 6.73. The second kappa shape index (κ2) is 9.57. The lowest BCUT2D eigenvalue weighted by atomic mass is 9.92. The van der Waals surface area contributed by atoms with Gasteiger partial charge in [-0.15, -0.1) is 0 Å². The molecule has 2 heterocycles. The Hall–Kier alpha value is -2.57. The summed E-state index contributed by atoms with van der Waals surface area (Å²) in [6.45, 7) is 6.59. The fourth-order valence-corrected chi connectivity index (χ4v) is 3.68. The van der Waals surface area contributed by atoms with Crippen molar-refractivity contribution in [1.29, 1.82) is 0 Å². The van der Waals surface area contributed by atoms with E-state index in [2.05, 4.69) is 22.0 Å². The quantitative estimate of drug-likeness (QED) is 0.663. The number of nitrogens with two attached hydrogens (primary N) is 1. The summed E-state index contributed by atoms with van der Waals surface area (Å²) in [7, 11) is 0. The van der Waals surface area contributed by atoms with Crippen molar-refractivity contribution in [2.45, 2.75) is 52.4 Å². The van der Waals surface area contributed by atoms with Crippen molar-refractivity contribution in [2.24, 2.45) is 11.7 Å². The second-order valence-corrected chi connectivity index (χ2v) is 7.51. The van der Waals surface area contributed by atoms with Gasteiger partial charge in [0.05, 0.1) is 6.61 Å². The largest absolute Gasteiger partial charge is 0.494 e. The van der Waals surface area contributed by atoms with Crippen LogP contribution in [0.2, 0.25) is 0 Å². The molecule has 3 rings (SSSR count). The molecule has 2 N–H and O–H groups in total. The Labute approximate surface area is 166 Å². The van der Waals surface area contributed by atoms with Gasteiger partial charge in [-0.05, 0) is 68.7 Å². The minimum Gasteiger partial charge on any atom is -0.494 e. The number of carbonyl (C=O) groups is 1. The van der Waals surface area contributed by atoms with Gasteiger partial charge in [0.2, 0.25) is 5.91 Å². The third-order valence-electron chi connectivity index (χ3n) is 5.30. The van der Waals surface area contributed by atoms with Gasteiger partial charge in [0.15, 0.2) is 5.82 Å². The van der Waals surface area contributed by atoms with Gasteiger partial charge in [-0.3, -0.25) is 4.79 Å². The number of ether oxygens (including phenoxy) is 1. The van der Waals surface area contributed by atoms with Crippen molar-refractivity contribution in [3.05, 3.63) is 35.2 Å². The minimum atomic E-state index is -0.405. The van der Waals surface area contributed by atoms with Gasteiger partial charge in [0.1, 0.15) is 5.75 Å². The molecular formula is C21H30N4O3. The molecule has 1 saturated heterocycles. The molecule has 152 valence electrons. The number of piperidine rings is 1. The third-order valence-corrected chi connectivity index (χ3v) is 5.30. The number of aryl methyl sites for hydroxylation is 2.